The number of nitrogens with one attached hydrogen (secondary N) is 1. The second-order valence-corrected chi connectivity index (χ2v) is 10.5. The summed E-state index contributed by atoms with van der Waals surface area (Å²) in [5, 5.41) is 38.3. The first-order valence-electron chi connectivity index (χ1n) is 10.6. The predicted octanol–water partition coefficient (Wildman–Crippen LogP) is -0.0830. The van der Waals surface area contributed by atoms with Crippen molar-refractivity contribution in [2.75, 3.05) is 18.1 Å². The number of fused-ring (bicyclic) bond motifs is 2. The van der Waals surface area contributed by atoms with Crippen molar-refractivity contribution in [3.63, 3.8) is 0 Å². The molecule has 2 aliphatic rings. The maximum atomic E-state index is 13.0. The van der Waals surface area contributed by atoms with Crippen LogP contribution < -0.4 is 5.32 Å². The van der Waals surface area contributed by atoms with Crippen LogP contribution in [0.15, 0.2) is 50.8 Å². The van der Waals surface area contributed by atoms with E-state index in [1.807, 2.05) is 0 Å². The van der Waals surface area contributed by atoms with E-state index in [1.165, 1.54) is 56.6 Å². The third-order valence-electron chi connectivity index (χ3n) is 5.30. The lowest BCUT2D eigenvalue weighted by Gasteiger charge is -2.49. The Bertz CT molecular complexity index is 1490. The summed E-state index contributed by atoms with van der Waals surface area (Å²) in [4.78, 5) is 58.6. The van der Waals surface area contributed by atoms with Gasteiger partial charge in [0.15, 0.2) is 11.4 Å². The molecule has 0 aliphatic carbocycles. The van der Waals surface area contributed by atoms with Crippen molar-refractivity contribution in [1.82, 2.24) is 35.0 Å². The Hall–Kier alpha value is -4.03. The maximum Gasteiger partial charge on any atom is 0.352 e. The van der Waals surface area contributed by atoms with Crippen molar-refractivity contribution in [3.8, 4) is 0 Å². The van der Waals surface area contributed by atoms with Crippen molar-refractivity contribution >= 4 is 70.0 Å². The van der Waals surface area contributed by atoms with Gasteiger partial charge >= 0.3 is 11.9 Å². The molecule has 2 atom stereocenters. The average Bonchev–Trinajstić information content (AvgIpc) is 3.59. The number of carbonyl (C=O) groups excluding carboxylic acids is 2. The summed E-state index contributed by atoms with van der Waals surface area (Å²) in [5.41, 5.74) is 2.28. The summed E-state index contributed by atoms with van der Waals surface area (Å²) >= 11 is 3.81. The molecule has 38 heavy (non-hydrogen) atoms. The number of carboxylic acid groups (broad SMARTS) is 2. The molecule has 1 fully saturated rings. The fourth-order valence-corrected chi connectivity index (χ4v) is 6.52. The Morgan fingerprint density at radius 1 is 1.29 bits per heavy atom. The van der Waals surface area contributed by atoms with E-state index in [4.69, 9.17) is 9.94 Å². The molecule has 5 heterocycles. The van der Waals surface area contributed by atoms with Gasteiger partial charge in [-0.15, -0.1) is 45.1 Å². The quantitative estimate of drug-likeness (QED) is 0.125. The number of hydrogen-bond donors (Lipinski definition) is 3. The molecule has 0 saturated carbocycles. The van der Waals surface area contributed by atoms with E-state index in [0.717, 1.165) is 4.90 Å². The van der Waals surface area contributed by atoms with Crippen LogP contribution in [0.25, 0.3) is 5.65 Å². The molecule has 15 nitrogen and oxygen atoms in total. The normalized spacial score (nSPS) is 19.2. The number of thiazole rings is 1. The molecule has 0 radical (unpaired) electrons. The van der Waals surface area contributed by atoms with Crippen LogP contribution in [-0.2, 0) is 24.0 Å². The average molecular weight is 577 g/mol. The van der Waals surface area contributed by atoms with Crippen molar-refractivity contribution in [2.45, 2.75) is 16.4 Å². The fraction of sp³-hybridized carbons (Fsp3) is 0.250. The second-order valence-electron chi connectivity index (χ2n) is 7.69. The fourth-order valence-electron chi connectivity index (χ4n) is 3.64. The van der Waals surface area contributed by atoms with E-state index in [9.17, 15) is 24.3 Å². The van der Waals surface area contributed by atoms with Crippen molar-refractivity contribution < 1.29 is 34.2 Å². The van der Waals surface area contributed by atoms with Crippen LogP contribution in [0.5, 0.6) is 0 Å². The van der Waals surface area contributed by atoms with Crippen LogP contribution in [0, 0.1) is 0 Å². The van der Waals surface area contributed by atoms with E-state index < -0.39 is 41.8 Å². The molecule has 3 aromatic rings. The molecule has 3 N–H and O–H groups in total. The number of carbonyl (C=O) groups is 4. The maximum absolute atomic E-state index is 13.0. The minimum Gasteiger partial charge on any atom is -0.479 e. The minimum atomic E-state index is -1.28. The second kappa shape index (κ2) is 10.8. The molecule has 18 heteroatoms. The van der Waals surface area contributed by atoms with Gasteiger partial charge in [-0.2, -0.15) is 9.61 Å². The van der Waals surface area contributed by atoms with Crippen LogP contribution in [0.3, 0.4) is 0 Å². The zero-order chi connectivity index (χ0) is 26.8. The number of β-lactam (4-membered cyclic amide) rings is 1. The van der Waals surface area contributed by atoms with Gasteiger partial charge in [-0.05, 0) is 17.7 Å². The van der Waals surface area contributed by atoms with Crippen LogP contribution >= 0.6 is 34.9 Å². The highest BCUT2D eigenvalue weighted by Gasteiger charge is 2.54. The van der Waals surface area contributed by atoms with Crippen LogP contribution in [-0.4, -0.2) is 98.9 Å². The number of oxime groups is 1. The largest absolute Gasteiger partial charge is 0.479 e. The smallest absolute Gasteiger partial charge is 0.352 e. The SMILES string of the molecule is O=C(O)CON=C(C(=O)NC1C(=O)N2C(C(=O)O)=C(CSc3ccc4nncn4n3)CS[C@H]12)c1cscn1. The molecular formula is C20H16N8O7S3. The Balaban J connectivity index is 1.29. The molecule has 5 rings (SSSR count). The molecule has 2 amide bonds. The molecule has 0 spiro atoms. The van der Waals surface area contributed by atoms with E-state index in [1.54, 1.807) is 12.1 Å². The molecule has 3 aromatic heterocycles. The molecule has 1 saturated heterocycles. The van der Waals surface area contributed by atoms with Crippen LogP contribution in [0.1, 0.15) is 5.69 Å². The van der Waals surface area contributed by atoms with Gasteiger partial charge < -0.3 is 20.4 Å². The van der Waals surface area contributed by atoms with Gasteiger partial charge in [-0.1, -0.05) is 5.16 Å². The first-order chi connectivity index (χ1) is 18.3. The van der Waals surface area contributed by atoms with Gasteiger partial charge in [0.25, 0.3) is 11.8 Å². The highest BCUT2D eigenvalue weighted by Crippen LogP contribution is 2.41. The number of aliphatic carboxylic acids is 2. The number of hydrogen-bond acceptors (Lipinski definition) is 13. The Kier molecular flexibility index (Phi) is 7.25. The van der Waals surface area contributed by atoms with Crippen molar-refractivity contribution in [1.29, 1.82) is 0 Å². The standard InChI is InChI=1S/C20H16N8O7S3/c29-13(30)3-35-26-14(10-6-36-8-21-10)17(31)23-15-18(32)28-16(20(33)34)9(5-38-19(15)28)4-37-12-2-1-11-24-22-7-27(11)25-12/h1-2,6-8,15,19H,3-5H2,(H,23,31)(H,29,30)(H,33,34)/t15?,19-/m1/s1. The summed E-state index contributed by atoms with van der Waals surface area (Å²) in [6.07, 6.45) is 1.46. The van der Waals surface area contributed by atoms with E-state index in [-0.39, 0.29) is 22.9 Å². The first-order valence-corrected chi connectivity index (χ1v) is 13.6. The third kappa shape index (κ3) is 5.04. The minimum absolute atomic E-state index is 0.125. The van der Waals surface area contributed by atoms with Crippen LogP contribution in [0.4, 0.5) is 0 Å². The number of nitrogens with zero attached hydrogens (tertiary/aromatic N) is 7. The highest BCUT2D eigenvalue weighted by molar-refractivity contribution is 8.01. The molecule has 196 valence electrons. The van der Waals surface area contributed by atoms with Gasteiger partial charge in [0.1, 0.15) is 34.2 Å². The topological polar surface area (TPSA) is 202 Å². The van der Waals surface area contributed by atoms with Gasteiger partial charge in [0.2, 0.25) is 6.61 Å². The lowest BCUT2D eigenvalue weighted by Crippen LogP contribution is -2.71. The first kappa shape index (κ1) is 25.6. The number of aromatic nitrogens is 5. The summed E-state index contributed by atoms with van der Waals surface area (Å²) in [5.74, 6) is -3.34. The summed E-state index contributed by atoms with van der Waals surface area (Å²) in [7, 11) is 0. The van der Waals surface area contributed by atoms with Gasteiger partial charge in [0, 0.05) is 16.9 Å². The van der Waals surface area contributed by atoms with Gasteiger partial charge in [-0.25, -0.2) is 14.6 Å². The molecular weight excluding hydrogens is 560 g/mol. The highest BCUT2D eigenvalue weighted by atomic mass is 32.2. The van der Waals surface area contributed by atoms with Crippen molar-refractivity contribution in [3.05, 3.63) is 46.3 Å². The number of thioether (sulfide) groups is 2. The Morgan fingerprint density at radius 3 is 2.87 bits per heavy atom. The number of rotatable bonds is 10. The van der Waals surface area contributed by atoms with Crippen LogP contribution in [0.2, 0.25) is 0 Å². The lowest BCUT2D eigenvalue weighted by molar-refractivity contribution is -0.150. The molecule has 1 unspecified atom stereocenters. The summed E-state index contributed by atoms with van der Waals surface area (Å²) in [6, 6.07) is 2.47. The zero-order valence-electron chi connectivity index (χ0n) is 19.0. The Labute approximate surface area is 224 Å². The van der Waals surface area contributed by atoms with Crippen molar-refractivity contribution in [2.24, 2.45) is 5.16 Å². The third-order valence-corrected chi connectivity index (χ3v) is 8.23. The van der Waals surface area contributed by atoms with E-state index >= 15 is 0 Å². The van der Waals surface area contributed by atoms with Gasteiger partial charge in [0.05, 0.1) is 5.51 Å². The number of carboxylic acids is 2. The monoisotopic (exact) mass is 576 g/mol. The van der Waals surface area contributed by atoms with E-state index in [2.05, 4.69) is 30.8 Å². The predicted molar refractivity (Wildman–Crippen MR) is 133 cm³/mol. The molecule has 0 aromatic carbocycles. The molecule has 2 aliphatic heterocycles. The summed E-state index contributed by atoms with van der Waals surface area (Å²) < 4.78 is 1.50. The lowest BCUT2D eigenvalue weighted by atomic mass is 10.0. The van der Waals surface area contributed by atoms with E-state index in [0.29, 0.717) is 22.0 Å². The number of amides is 2. The summed E-state index contributed by atoms with van der Waals surface area (Å²) in [6.45, 7) is -0.772. The molecule has 0 bridgehead atoms. The van der Waals surface area contributed by atoms with Gasteiger partial charge in [-0.3, -0.25) is 14.5 Å². The Morgan fingerprint density at radius 2 is 2.13 bits per heavy atom. The zero-order valence-corrected chi connectivity index (χ0v) is 21.4.